The van der Waals surface area contributed by atoms with Gasteiger partial charge in [-0.05, 0) is 17.7 Å². The van der Waals surface area contributed by atoms with E-state index >= 15 is 0 Å². The summed E-state index contributed by atoms with van der Waals surface area (Å²) in [5.74, 6) is -0.368. The SMILES string of the molecule is C=C(Br)CNC(=O)NCC(O)c1ccc(F)cc1. The molecule has 0 spiro atoms. The molecule has 18 heavy (non-hydrogen) atoms. The van der Waals surface area contributed by atoms with E-state index in [9.17, 15) is 14.3 Å². The van der Waals surface area contributed by atoms with Crippen LogP contribution in [0.1, 0.15) is 11.7 Å². The van der Waals surface area contributed by atoms with Crippen LogP contribution in [-0.4, -0.2) is 24.2 Å². The highest BCUT2D eigenvalue weighted by atomic mass is 79.9. The number of aliphatic hydroxyl groups excluding tert-OH is 1. The van der Waals surface area contributed by atoms with Gasteiger partial charge in [-0.2, -0.15) is 0 Å². The van der Waals surface area contributed by atoms with Gasteiger partial charge in [-0.25, -0.2) is 9.18 Å². The predicted octanol–water partition coefficient (Wildman–Crippen LogP) is 2.07. The fourth-order valence-corrected chi connectivity index (χ4v) is 1.37. The van der Waals surface area contributed by atoms with Crippen molar-refractivity contribution in [1.29, 1.82) is 0 Å². The molecule has 0 aliphatic heterocycles. The van der Waals surface area contributed by atoms with E-state index in [1.165, 1.54) is 24.3 Å². The fraction of sp³-hybridized carbons (Fsp3) is 0.250. The quantitative estimate of drug-likeness (QED) is 0.778. The number of urea groups is 1. The lowest BCUT2D eigenvalue weighted by molar-refractivity contribution is 0.173. The van der Waals surface area contributed by atoms with Gasteiger partial charge in [0.05, 0.1) is 12.6 Å². The van der Waals surface area contributed by atoms with Crippen molar-refractivity contribution in [3.05, 3.63) is 46.7 Å². The monoisotopic (exact) mass is 316 g/mol. The molecule has 0 aliphatic rings. The van der Waals surface area contributed by atoms with Crippen molar-refractivity contribution in [2.75, 3.05) is 13.1 Å². The van der Waals surface area contributed by atoms with Crippen LogP contribution in [0.4, 0.5) is 9.18 Å². The maximum Gasteiger partial charge on any atom is 0.315 e. The number of hydrogen-bond acceptors (Lipinski definition) is 2. The summed E-state index contributed by atoms with van der Waals surface area (Å²) in [5, 5.41) is 14.8. The molecular weight excluding hydrogens is 303 g/mol. The zero-order valence-corrected chi connectivity index (χ0v) is 11.2. The Labute approximate surface area is 113 Å². The summed E-state index contributed by atoms with van der Waals surface area (Å²) >= 11 is 3.10. The number of halogens is 2. The summed E-state index contributed by atoms with van der Waals surface area (Å²) in [6.45, 7) is 3.92. The average Bonchev–Trinajstić information content (AvgIpc) is 2.34. The number of aliphatic hydroxyl groups is 1. The molecule has 0 saturated heterocycles. The first-order valence-corrected chi connectivity index (χ1v) is 6.07. The molecule has 3 N–H and O–H groups in total. The Morgan fingerprint density at radius 1 is 1.39 bits per heavy atom. The summed E-state index contributed by atoms with van der Waals surface area (Å²) in [6, 6.07) is 5.05. The molecule has 1 atom stereocenters. The van der Waals surface area contributed by atoms with E-state index in [1.54, 1.807) is 0 Å². The van der Waals surface area contributed by atoms with Crippen LogP contribution in [0.2, 0.25) is 0 Å². The van der Waals surface area contributed by atoms with Gasteiger partial charge >= 0.3 is 6.03 Å². The number of carbonyl (C=O) groups is 1. The van der Waals surface area contributed by atoms with Crippen LogP contribution in [0.15, 0.2) is 35.3 Å². The second-order valence-electron chi connectivity index (χ2n) is 3.65. The summed E-state index contributed by atoms with van der Waals surface area (Å²) in [6.07, 6.45) is -0.872. The molecule has 0 radical (unpaired) electrons. The Bertz CT molecular complexity index is 423. The molecule has 1 unspecified atom stereocenters. The van der Waals surface area contributed by atoms with Crippen LogP contribution in [0.3, 0.4) is 0 Å². The first-order chi connectivity index (χ1) is 8.49. The first-order valence-electron chi connectivity index (χ1n) is 5.27. The van der Waals surface area contributed by atoms with Crippen molar-refractivity contribution < 1.29 is 14.3 Å². The van der Waals surface area contributed by atoms with Crippen molar-refractivity contribution in [1.82, 2.24) is 10.6 Å². The second-order valence-corrected chi connectivity index (χ2v) is 4.77. The van der Waals surface area contributed by atoms with Gasteiger partial charge in [0.15, 0.2) is 0 Å². The molecule has 0 saturated carbocycles. The minimum atomic E-state index is -0.872. The molecular formula is C12H14BrFN2O2. The predicted molar refractivity (Wildman–Crippen MR) is 70.8 cm³/mol. The van der Waals surface area contributed by atoms with Gasteiger partial charge in [0.1, 0.15) is 5.82 Å². The first kappa shape index (κ1) is 14.7. The third kappa shape index (κ3) is 5.29. The summed E-state index contributed by atoms with van der Waals surface area (Å²) < 4.78 is 13.3. The number of benzene rings is 1. The summed E-state index contributed by atoms with van der Waals surface area (Å²) in [7, 11) is 0. The van der Waals surface area contributed by atoms with Gasteiger partial charge in [-0.1, -0.05) is 34.6 Å². The van der Waals surface area contributed by atoms with Crippen molar-refractivity contribution in [3.8, 4) is 0 Å². The van der Waals surface area contributed by atoms with Gasteiger partial charge in [0, 0.05) is 11.0 Å². The van der Waals surface area contributed by atoms with Crippen LogP contribution < -0.4 is 10.6 Å². The zero-order valence-electron chi connectivity index (χ0n) is 9.62. The molecule has 1 rings (SSSR count). The van der Waals surface area contributed by atoms with Crippen molar-refractivity contribution in [3.63, 3.8) is 0 Å². The Balaban J connectivity index is 2.36. The van der Waals surface area contributed by atoms with Gasteiger partial charge in [-0.3, -0.25) is 0 Å². The lowest BCUT2D eigenvalue weighted by Crippen LogP contribution is -2.38. The lowest BCUT2D eigenvalue weighted by Gasteiger charge is -2.12. The highest BCUT2D eigenvalue weighted by Crippen LogP contribution is 2.12. The van der Waals surface area contributed by atoms with Gasteiger partial charge < -0.3 is 15.7 Å². The number of hydrogen-bond donors (Lipinski definition) is 3. The molecule has 1 aromatic rings. The van der Waals surface area contributed by atoms with E-state index in [0.717, 1.165) is 0 Å². The van der Waals surface area contributed by atoms with E-state index in [-0.39, 0.29) is 12.4 Å². The lowest BCUT2D eigenvalue weighted by atomic mass is 10.1. The number of nitrogens with one attached hydrogen (secondary N) is 2. The van der Waals surface area contributed by atoms with Crippen LogP contribution in [0.25, 0.3) is 0 Å². The Morgan fingerprint density at radius 3 is 2.56 bits per heavy atom. The Morgan fingerprint density at radius 2 is 2.00 bits per heavy atom. The smallest absolute Gasteiger partial charge is 0.315 e. The molecule has 0 aliphatic carbocycles. The van der Waals surface area contributed by atoms with E-state index in [4.69, 9.17) is 0 Å². The average molecular weight is 317 g/mol. The molecule has 6 heteroatoms. The number of amides is 2. The van der Waals surface area contributed by atoms with Crippen LogP contribution >= 0.6 is 15.9 Å². The fourth-order valence-electron chi connectivity index (χ4n) is 1.23. The molecule has 98 valence electrons. The van der Waals surface area contributed by atoms with Crippen molar-refractivity contribution >= 4 is 22.0 Å². The molecule has 0 bridgehead atoms. The molecule has 0 fully saturated rings. The molecule has 1 aromatic carbocycles. The van der Waals surface area contributed by atoms with E-state index in [2.05, 4.69) is 33.1 Å². The minimum Gasteiger partial charge on any atom is -0.387 e. The highest BCUT2D eigenvalue weighted by Gasteiger charge is 2.09. The summed E-state index contributed by atoms with van der Waals surface area (Å²) in [4.78, 5) is 11.3. The normalized spacial score (nSPS) is 11.7. The zero-order chi connectivity index (χ0) is 13.5. The van der Waals surface area contributed by atoms with Gasteiger partial charge in [0.25, 0.3) is 0 Å². The topological polar surface area (TPSA) is 61.4 Å². The van der Waals surface area contributed by atoms with E-state index in [0.29, 0.717) is 16.6 Å². The van der Waals surface area contributed by atoms with E-state index in [1.807, 2.05) is 0 Å². The molecule has 0 aromatic heterocycles. The van der Waals surface area contributed by atoms with Crippen LogP contribution in [-0.2, 0) is 0 Å². The molecule has 0 heterocycles. The number of rotatable bonds is 5. The second kappa shape index (κ2) is 7.13. The standard InChI is InChI=1S/C12H14BrFN2O2/c1-8(13)6-15-12(18)16-7-11(17)9-2-4-10(14)5-3-9/h2-5,11,17H,1,6-7H2,(H2,15,16,18). The summed E-state index contributed by atoms with van der Waals surface area (Å²) in [5.41, 5.74) is 0.543. The maximum atomic E-state index is 12.7. The minimum absolute atomic E-state index is 0.0478. The maximum absolute atomic E-state index is 12.7. The van der Waals surface area contributed by atoms with Crippen molar-refractivity contribution in [2.45, 2.75) is 6.10 Å². The third-order valence-corrected chi connectivity index (χ3v) is 2.43. The molecule has 2 amide bonds. The van der Waals surface area contributed by atoms with Gasteiger partial charge in [0.2, 0.25) is 0 Å². The third-order valence-electron chi connectivity index (χ3n) is 2.15. The number of carbonyl (C=O) groups excluding carboxylic acids is 1. The Kier molecular flexibility index (Phi) is 5.80. The van der Waals surface area contributed by atoms with E-state index < -0.39 is 12.1 Å². The van der Waals surface area contributed by atoms with Gasteiger partial charge in [-0.15, -0.1) is 0 Å². The van der Waals surface area contributed by atoms with Crippen LogP contribution in [0.5, 0.6) is 0 Å². The molecule has 4 nitrogen and oxygen atoms in total. The van der Waals surface area contributed by atoms with Crippen LogP contribution in [0, 0.1) is 5.82 Å². The highest BCUT2D eigenvalue weighted by molar-refractivity contribution is 9.11. The van der Waals surface area contributed by atoms with Crippen molar-refractivity contribution in [2.24, 2.45) is 0 Å². The largest absolute Gasteiger partial charge is 0.387 e. The Hall–Kier alpha value is -1.40.